The average molecular weight is 350 g/mol. The second-order valence-corrected chi connectivity index (χ2v) is 6.72. The van der Waals surface area contributed by atoms with E-state index in [1.807, 2.05) is 18.2 Å². The van der Waals surface area contributed by atoms with Crippen molar-refractivity contribution in [2.24, 2.45) is 5.92 Å². The molecule has 1 aromatic carbocycles. The summed E-state index contributed by atoms with van der Waals surface area (Å²) in [7, 11) is 0. The molecule has 1 saturated carbocycles. The summed E-state index contributed by atoms with van der Waals surface area (Å²) in [5, 5.41) is 14.0. The molecule has 1 aromatic heterocycles. The summed E-state index contributed by atoms with van der Waals surface area (Å²) in [6, 6.07) is 5.92. The van der Waals surface area contributed by atoms with Crippen molar-refractivity contribution in [2.45, 2.75) is 31.8 Å². The molecule has 0 bridgehead atoms. The zero-order valence-corrected chi connectivity index (χ0v) is 13.4. The largest absolute Gasteiger partial charge is 0.398 e. The SMILES string of the molecule is Nc1ccc(NCC2CCC(O)CC2)c2ncc(Br)cc12. The molecule has 0 unspecified atom stereocenters. The number of aromatic nitrogens is 1. The number of aliphatic hydroxyl groups excluding tert-OH is 1. The first-order valence-electron chi connectivity index (χ1n) is 7.39. The maximum atomic E-state index is 9.56. The molecule has 5 heteroatoms. The van der Waals surface area contributed by atoms with Crippen molar-refractivity contribution in [3.05, 3.63) is 28.9 Å². The van der Waals surface area contributed by atoms with Gasteiger partial charge in [-0.2, -0.15) is 0 Å². The third-order valence-electron chi connectivity index (χ3n) is 4.25. The Kier molecular flexibility index (Phi) is 4.31. The predicted octanol–water partition coefficient (Wildman–Crippen LogP) is 3.54. The molecule has 1 aliphatic carbocycles. The number of rotatable bonds is 3. The lowest BCUT2D eigenvalue weighted by atomic mass is 9.87. The lowest BCUT2D eigenvalue weighted by Crippen LogP contribution is -2.23. The molecule has 3 rings (SSSR count). The lowest BCUT2D eigenvalue weighted by molar-refractivity contribution is 0.111. The van der Waals surface area contributed by atoms with Crippen molar-refractivity contribution in [3.8, 4) is 0 Å². The van der Waals surface area contributed by atoms with Crippen LogP contribution in [-0.2, 0) is 0 Å². The molecule has 112 valence electrons. The van der Waals surface area contributed by atoms with Gasteiger partial charge in [-0.05, 0) is 65.7 Å². The van der Waals surface area contributed by atoms with E-state index in [2.05, 4.69) is 26.2 Å². The molecule has 0 atom stereocenters. The predicted molar refractivity (Wildman–Crippen MR) is 90.3 cm³/mol. The highest BCUT2D eigenvalue weighted by atomic mass is 79.9. The van der Waals surface area contributed by atoms with E-state index < -0.39 is 0 Å². The maximum absolute atomic E-state index is 9.56. The van der Waals surface area contributed by atoms with E-state index in [1.54, 1.807) is 6.20 Å². The number of nitrogens with two attached hydrogens (primary N) is 1. The van der Waals surface area contributed by atoms with Gasteiger partial charge in [-0.25, -0.2) is 0 Å². The van der Waals surface area contributed by atoms with Crippen molar-refractivity contribution in [1.82, 2.24) is 4.98 Å². The number of nitrogens with one attached hydrogen (secondary N) is 1. The van der Waals surface area contributed by atoms with Crippen LogP contribution in [0.25, 0.3) is 10.9 Å². The van der Waals surface area contributed by atoms with Gasteiger partial charge in [-0.15, -0.1) is 0 Å². The molecule has 0 amide bonds. The fraction of sp³-hybridized carbons (Fsp3) is 0.438. The summed E-state index contributed by atoms with van der Waals surface area (Å²) in [5.41, 5.74) is 8.71. The van der Waals surface area contributed by atoms with Crippen LogP contribution in [0, 0.1) is 5.92 Å². The summed E-state index contributed by atoms with van der Waals surface area (Å²) >= 11 is 3.44. The first kappa shape index (κ1) is 14.6. The molecule has 0 spiro atoms. The standard InChI is InChI=1S/C16H20BrN3O/c17-11-7-13-14(18)5-6-15(16(13)20-9-11)19-8-10-1-3-12(21)4-2-10/h5-7,9-10,12,19,21H,1-4,8,18H2. The molecular formula is C16H20BrN3O. The van der Waals surface area contributed by atoms with Crippen LogP contribution < -0.4 is 11.1 Å². The van der Waals surface area contributed by atoms with Gasteiger partial charge in [0.2, 0.25) is 0 Å². The van der Waals surface area contributed by atoms with Crippen molar-refractivity contribution < 1.29 is 5.11 Å². The van der Waals surface area contributed by atoms with E-state index in [4.69, 9.17) is 5.73 Å². The Balaban J connectivity index is 1.76. The zero-order valence-electron chi connectivity index (χ0n) is 11.8. The van der Waals surface area contributed by atoms with E-state index in [9.17, 15) is 5.11 Å². The number of anilines is 2. The minimum atomic E-state index is -0.0994. The Hall–Kier alpha value is -1.33. The smallest absolute Gasteiger partial charge is 0.0954 e. The van der Waals surface area contributed by atoms with Gasteiger partial charge in [0.25, 0.3) is 0 Å². The fourth-order valence-electron chi connectivity index (χ4n) is 2.96. The van der Waals surface area contributed by atoms with Gasteiger partial charge in [0.05, 0.1) is 17.3 Å². The highest BCUT2D eigenvalue weighted by Crippen LogP contribution is 2.30. The minimum absolute atomic E-state index is 0.0994. The summed E-state index contributed by atoms with van der Waals surface area (Å²) in [4.78, 5) is 4.49. The van der Waals surface area contributed by atoms with Crippen LogP contribution in [0.1, 0.15) is 25.7 Å². The number of aliphatic hydroxyl groups is 1. The Morgan fingerprint density at radius 3 is 2.81 bits per heavy atom. The molecule has 0 radical (unpaired) electrons. The van der Waals surface area contributed by atoms with Crippen LogP contribution in [0.4, 0.5) is 11.4 Å². The molecular weight excluding hydrogens is 330 g/mol. The Morgan fingerprint density at radius 2 is 2.05 bits per heavy atom. The van der Waals surface area contributed by atoms with Crippen molar-refractivity contribution >= 4 is 38.2 Å². The topological polar surface area (TPSA) is 71.2 Å². The van der Waals surface area contributed by atoms with E-state index in [0.717, 1.165) is 59.0 Å². The molecule has 0 aliphatic heterocycles. The van der Waals surface area contributed by atoms with Crippen LogP contribution in [0.5, 0.6) is 0 Å². The number of nitrogen functional groups attached to an aromatic ring is 1. The number of hydrogen-bond acceptors (Lipinski definition) is 4. The third kappa shape index (κ3) is 3.30. The van der Waals surface area contributed by atoms with Crippen molar-refractivity contribution in [3.63, 3.8) is 0 Å². The summed E-state index contributed by atoms with van der Waals surface area (Å²) in [5.74, 6) is 0.622. The monoisotopic (exact) mass is 349 g/mol. The Morgan fingerprint density at radius 1 is 1.29 bits per heavy atom. The number of hydrogen-bond donors (Lipinski definition) is 3. The van der Waals surface area contributed by atoms with Crippen LogP contribution in [0.2, 0.25) is 0 Å². The van der Waals surface area contributed by atoms with Gasteiger partial charge in [-0.1, -0.05) is 0 Å². The average Bonchev–Trinajstić information content (AvgIpc) is 2.49. The lowest BCUT2D eigenvalue weighted by Gasteiger charge is -2.26. The number of fused-ring (bicyclic) bond motifs is 1. The van der Waals surface area contributed by atoms with Gasteiger partial charge >= 0.3 is 0 Å². The molecule has 2 aromatic rings. The van der Waals surface area contributed by atoms with Crippen molar-refractivity contribution in [1.29, 1.82) is 0 Å². The Bertz CT molecular complexity index is 639. The Labute approximate surface area is 132 Å². The maximum Gasteiger partial charge on any atom is 0.0954 e. The van der Waals surface area contributed by atoms with Crippen LogP contribution in [0.15, 0.2) is 28.9 Å². The molecule has 21 heavy (non-hydrogen) atoms. The first-order valence-corrected chi connectivity index (χ1v) is 8.18. The quantitative estimate of drug-likeness (QED) is 0.741. The normalized spacial score (nSPS) is 22.4. The zero-order chi connectivity index (χ0) is 14.8. The van der Waals surface area contributed by atoms with E-state index >= 15 is 0 Å². The molecule has 1 fully saturated rings. The number of benzene rings is 1. The molecule has 0 saturated heterocycles. The molecule has 4 N–H and O–H groups in total. The fourth-order valence-corrected chi connectivity index (χ4v) is 3.29. The van der Waals surface area contributed by atoms with Crippen LogP contribution in [-0.4, -0.2) is 22.7 Å². The van der Waals surface area contributed by atoms with Crippen molar-refractivity contribution in [2.75, 3.05) is 17.6 Å². The van der Waals surface area contributed by atoms with Crippen LogP contribution in [0.3, 0.4) is 0 Å². The summed E-state index contributed by atoms with van der Waals surface area (Å²) in [6.07, 6.45) is 5.70. The van der Waals surface area contributed by atoms with Gasteiger partial charge in [-0.3, -0.25) is 4.98 Å². The third-order valence-corrected chi connectivity index (χ3v) is 4.68. The van der Waals surface area contributed by atoms with E-state index in [-0.39, 0.29) is 6.10 Å². The second-order valence-electron chi connectivity index (χ2n) is 5.81. The molecule has 4 nitrogen and oxygen atoms in total. The van der Waals surface area contributed by atoms with E-state index in [0.29, 0.717) is 5.92 Å². The van der Waals surface area contributed by atoms with Crippen LogP contribution >= 0.6 is 15.9 Å². The van der Waals surface area contributed by atoms with E-state index in [1.165, 1.54) is 0 Å². The number of nitrogens with zero attached hydrogens (tertiary/aromatic N) is 1. The summed E-state index contributed by atoms with van der Waals surface area (Å²) in [6.45, 7) is 0.920. The number of halogens is 1. The molecule has 1 aliphatic rings. The number of pyridine rings is 1. The van der Waals surface area contributed by atoms with Gasteiger partial charge in [0.1, 0.15) is 0 Å². The summed E-state index contributed by atoms with van der Waals surface area (Å²) < 4.78 is 0.931. The minimum Gasteiger partial charge on any atom is -0.398 e. The molecule has 1 heterocycles. The van der Waals surface area contributed by atoms with Gasteiger partial charge in [0, 0.05) is 28.3 Å². The first-order chi connectivity index (χ1) is 10.1. The second kappa shape index (κ2) is 6.20. The highest BCUT2D eigenvalue weighted by molar-refractivity contribution is 9.10. The highest BCUT2D eigenvalue weighted by Gasteiger charge is 2.19. The van der Waals surface area contributed by atoms with Gasteiger partial charge < -0.3 is 16.2 Å². The van der Waals surface area contributed by atoms with Gasteiger partial charge in [0.15, 0.2) is 0 Å².